The number of ketones is 1. The standard InChI is InChI=1S/C9H14Cl2N4OS/c1-7(16)9(10,11)5-17-4-3-14-8(13-2)15-6-12/h3-5H2,1-2H3,(H2,13,14,15). The summed E-state index contributed by atoms with van der Waals surface area (Å²) in [5, 5.41) is 13.7. The molecule has 0 aromatic rings. The molecule has 0 amide bonds. The molecule has 0 bridgehead atoms. The second-order valence-corrected chi connectivity index (χ2v) is 5.64. The summed E-state index contributed by atoms with van der Waals surface area (Å²) in [6.07, 6.45) is 1.76. The van der Waals surface area contributed by atoms with Gasteiger partial charge in [0.2, 0.25) is 5.96 Å². The maximum absolute atomic E-state index is 11.0. The molecule has 0 aromatic carbocycles. The Labute approximate surface area is 115 Å². The molecule has 0 saturated carbocycles. The minimum absolute atomic E-state index is 0.261. The Morgan fingerprint density at radius 2 is 2.24 bits per heavy atom. The second kappa shape index (κ2) is 8.45. The fourth-order valence-corrected chi connectivity index (χ4v) is 2.09. The van der Waals surface area contributed by atoms with Gasteiger partial charge in [-0.3, -0.25) is 15.1 Å². The number of rotatable bonds is 6. The molecular weight excluding hydrogens is 283 g/mol. The van der Waals surface area contributed by atoms with Gasteiger partial charge in [0.05, 0.1) is 0 Å². The maximum Gasteiger partial charge on any atom is 0.204 e. The molecule has 0 unspecified atom stereocenters. The molecule has 0 saturated heterocycles. The van der Waals surface area contributed by atoms with E-state index in [-0.39, 0.29) is 5.78 Å². The van der Waals surface area contributed by atoms with Crippen LogP contribution in [0.5, 0.6) is 0 Å². The molecule has 0 heterocycles. The van der Waals surface area contributed by atoms with Crippen LogP contribution in [0.15, 0.2) is 4.99 Å². The van der Waals surface area contributed by atoms with Crippen molar-refractivity contribution in [3.8, 4) is 6.19 Å². The molecule has 8 heteroatoms. The van der Waals surface area contributed by atoms with Crippen LogP contribution in [-0.4, -0.2) is 41.2 Å². The van der Waals surface area contributed by atoms with Crippen molar-refractivity contribution in [2.45, 2.75) is 11.3 Å². The van der Waals surface area contributed by atoms with Crippen LogP contribution in [0.2, 0.25) is 0 Å². The van der Waals surface area contributed by atoms with E-state index in [0.717, 1.165) is 0 Å². The van der Waals surface area contributed by atoms with Crippen LogP contribution in [0.4, 0.5) is 0 Å². The van der Waals surface area contributed by atoms with Crippen LogP contribution >= 0.6 is 35.0 Å². The minimum atomic E-state index is -1.32. The van der Waals surface area contributed by atoms with E-state index in [0.29, 0.717) is 24.0 Å². The summed E-state index contributed by atoms with van der Waals surface area (Å²) in [6.45, 7) is 1.95. The van der Waals surface area contributed by atoms with Gasteiger partial charge in [0, 0.05) is 25.1 Å². The lowest BCUT2D eigenvalue weighted by Gasteiger charge is -2.15. The molecule has 0 spiro atoms. The van der Waals surface area contributed by atoms with Crippen LogP contribution in [0, 0.1) is 11.5 Å². The minimum Gasteiger partial charge on any atom is -0.355 e. The third kappa shape index (κ3) is 7.31. The Hall–Kier alpha value is -0.640. The van der Waals surface area contributed by atoms with Gasteiger partial charge < -0.3 is 5.32 Å². The van der Waals surface area contributed by atoms with Crippen LogP contribution in [0.3, 0.4) is 0 Å². The molecule has 2 N–H and O–H groups in total. The number of carbonyl (C=O) groups excluding carboxylic acids is 1. The highest BCUT2D eigenvalue weighted by Gasteiger charge is 2.29. The van der Waals surface area contributed by atoms with Gasteiger partial charge >= 0.3 is 0 Å². The zero-order valence-electron chi connectivity index (χ0n) is 9.59. The number of nitrogens with zero attached hydrogens (tertiary/aromatic N) is 2. The molecule has 96 valence electrons. The molecule has 0 radical (unpaired) electrons. The summed E-state index contributed by atoms with van der Waals surface area (Å²) >= 11 is 13.0. The number of guanidine groups is 1. The predicted octanol–water partition coefficient (Wildman–Crippen LogP) is 1.13. The van der Waals surface area contributed by atoms with Crippen LogP contribution in [0.25, 0.3) is 0 Å². The van der Waals surface area contributed by atoms with E-state index < -0.39 is 4.33 Å². The average Bonchev–Trinajstić information content (AvgIpc) is 2.26. The quantitative estimate of drug-likeness (QED) is 0.192. The summed E-state index contributed by atoms with van der Waals surface area (Å²) in [5.74, 6) is 1.17. The first kappa shape index (κ1) is 16.4. The summed E-state index contributed by atoms with van der Waals surface area (Å²) in [6, 6.07) is 0. The number of aliphatic imine (C=N–C) groups is 1. The van der Waals surface area contributed by atoms with Crippen molar-refractivity contribution < 1.29 is 4.79 Å². The van der Waals surface area contributed by atoms with Gasteiger partial charge in [-0.15, -0.1) is 0 Å². The van der Waals surface area contributed by atoms with Crippen molar-refractivity contribution in [2.24, 2.45) is 4.99 Å². The molecule has 0 rings (SSSR count). The molecule has 17 heavy (non-hydrogen) atoms. The SMILES string of the molecule is CN=C(NC#N)NCCSCC(Cl)(Cl)C(C)=O. The summed E-state index contributed by atoms with van der Waals surface area (Å²) in [4.78, 5) is 14.8. The van der Waals surface area contributed by atoms with E-state index in [1.807, 2.05) is 0 Å². The zero-order chi connectivity index (χ0) is 13.3. The van der Waals surface area contributed by atoms with Crippen molar-refractivity contribution in [3.05, 3.63) is 0 Å². The second-order valence-electron chi connectivity index (χ2n) is 3.05. The molecular formula is C9H14Cl2N4OS. The topological polar surface area (TPSA) is 77.3 Å². The molecule has 0 aliphatic heterocycles. The normalized spacial score (nSPS) is 11.8. The first-order valence-corrected chi connectivity index (χ1v) is 6.67. The van der Waals surface area contributed by atoms with Crippen LogP contribution in [0.1, 0.15) is 6.92 Å². The lowest BCUT2D eigenvalue weighted by molar-refractivity contribution is -0.117. The number of carbonyl (C=O) groups is 1. The highest BCUT2D eigenvalue weighted by atomic mass is 35.5. The molecule has 5 nitrogen and oxygen atoms in total. The van der Waals surface area contributed by atoms with Gasteiger partial charge in [0.1, 0.15) is 0 Å². The van der Waals surface area contributed by atoms with E-state index in [1.165, 1.54) is 18.7 Å². The van der Waals surface area contributed by atoms with Crippen LogP contribution < -0.4 is 10.6 Å². The molecule has 0 aliphatic carbocycles. The molecule has 0 aromatic heterocycles. The number of thioether (sulfide) groups is 1. The number of halogens is 2. The van der Waals surface area contributed by atoms with E-state index in [1.54, 1.807) is 13.2 Å². The number of nitriles is 1. The summed E-state index contributed by atoms with van der Waals surface area (Å²) in [7, 11) is 1.57. The van der Waals surface area contributed by atoms with Gasteiger partial charge in [-0.25, -0.2) is 0 Å². The smallest absolute Gasteiger partial charge is 0.204 e. The van der Waals surface area contributed by atoms with Gasteiger partial charge in [-0.1, -0.05) is 23.2 Å². The third-order valence-electron chi connectivity index (χ3n) is 1.74. The number of nitrogens with one attached hydrogen (secondary N) is 2. The Morgan fingerprint density at radius 1 is 1.59 bits per heavy atom. The van der Waals surface area contributed by atoms with Crippen molar-refractivity contribution in [2.75, 3.05) is 25.1 Å². The lowest BCUT2D eigenvalue weighted by atomic mass is 10.3. The number of Topliss-reactive ketones (excluding diaryl/α,β-unsaturated/α-hetero) is 1. The Balaban J connectivity index is 3.74. The van der Waals surface area contributed by atoms with Gasteiger partial charge in [0.25, 0.3) is 0 Å². The lowest BCUT2D eigenvalue weighted by Crippen LogP contribution is -2.36. The fourth-order valence-electron chi connectivity index (χ4n) is 0.776. The van der Waals surface area contributed by atoms with Crippen LogP contribution in [-0.2, 0) is 4.79 Å². The molecule has 0 fully saturated rings. The predicted molar refractivity (Wildman–Crippen MR) is 72.6 cm³/mol. The first-order chi connectivity index (χ1) is 7.94. The van der Waals surface area contributed by atoms with Crippen molar-refractivity contribution in [3.63, 3.8) is 0 Å². The third-order valence-corrected chi connectivity index (χ3v) is 3.98. The van der Waals surface area contributed by atoms with E-state index in [9.17, 15) is 4.79 Å². The highest BCUT2D eigenvalue weighted by Crippen LogP contribution is 2.26. The molecule has 0 atom stereocenters. The largest absolute Gasteiger partial charge is 0.355 e. The summed E-state index contributed by atoms with van der Waals surface area (Å²) < 4.78 is -1.32. The average molecular weight is 297 g/mol. The van der Waals surface area contributed by atoms with Gasteiger partial charge in [-0.2, -0.15) is 17.0 Å². The maximum atomic E-state index is 11.0. The number of hydrogen-bond donors (Lipinski definition) is 2. The van der Waals surface area contributed by atoms with Crippen molar-refractivity contribution in [1.82, 2.24) is 10.6 Å². The van der Waals surface area contributed by atoms with Gasteiger partial charge in [-0.05, 0) is 6.92 Å². The number of hydrogen-bond acceptors (Lipinski definition) is 4. The van der Waals surface area contributed by atoms with Gasteiger partial charge in [0.15, 0.2) is 16.3 Å². The Morgan fingerprint density at radius 3 is 2.71 bits per heavy atom. The zero-order valence-corrected chi connectivity index (χ0v) is 11.9. The Bertz CT molecular complexity index is 327. The number of alkyl halides is 2. The van der Waals surface area contributed by atoms with E-state index >= 15 is 0 Å². The monoisotopic (exact) mass is 296 g/mol. The van der Waals surface area contributed by atoms with Crippen molar-refractivity contribution >= 4 is 46.7 Å². The highest BCUT2D eigenvalue weighted by molar-refractivity contribution is 7.99. The fraction of sp³-hybridized carbons (Fsp3) is 0.667. The summed E-state index contributed by atoms with van der Waals surface area (Å²) in [5.41, 5.74) is 0. The Kier molecular flexibility index (Phi) is 8.13. The van der Waals surface area contributed by atoms with E-state index in [4.69, 9.17) is 28.5 Å². The van der Waals surface area contributed by atoms with E-state index in [2.05, 4.69) is 15.6 Å². The molecule has 0 aliphatic rings. The first-order valence-electron chi connectivity index (χ1n) is 4.76. The van der Waals surface area contributed by atoms with Crippen molar-refractivity contribution in [1.29, 1.82) is 5.26 Å².